The van der Waals surface area contributed by atoms with E-state index in [0.717, 1.165) is 19.3 Å². The number of hydrogen-bond donors (Lipinski definition) is 1. The lowest BCUT2D eigenvalue weighted by atomic mass is 9.94. The van der Waals surface area contributed by atoms with Crippen LogP contribution in [0.2, 0.25) is 0 Å². The zero-order valence-electron chi connectivity index (χ0n) is 11.9. The summed E-state index contributed by atoms with van der Waals surface area (Å²) in [7, 11) is 0. The lowest BCUT2D eigenvalue weighted by Gasteiger charge is -2.15. The molecule has 1 N–H and O–H groups in total. The molecule has 0 saturated heterocycles. The van der Waals surface area contributed by atoms with E-state index in [4.69, 9.17) is 9.57 Å². The highest BCUT2D eigenvalue weighted by Gasteiger charge is 2.40. The van der Waals surface area contributed by atoms with Crippen molar-refractivity contribution in [2.45, 2.75) is 58.5 Å². The van der Waals surface area contributed by atoms with Gasteiger partial charge >= 0.3 is 5.97 Å². The summed E-state index contributed by atoms with van der Waals surface area (Å²) in [6.45, 7) is 4.06. The second-order valence-electron chi connectivity index (χ2n) is 4.80. The molecule has 5 nitrogen and oxygen atoms in total. The molecular formula is C14H25NO4. The van der Waals surface area contributed by atoms with E-state index in [2.05, 4.69) is 12.1 Å². The second-order valence-corrected chi connectivity index (χ2v) is 4.80. The molecule has 0 unspecified atom stereocenters. The fourth-order valence-electron chi connectivity index (χ4n) is 2.24. The molecule has 110 valence electrons. The number of ether oxygens (including phenoxy) is 1. The van der Waals surface area contributed by atoms with Crippen molar-refractivity contribution < 1.29 is 19.5 Å². The number of oxime groups is 1. The Labute approximate surface area is 115 Å². The molecule has 0 aliphatic carbocycles. The quantitative estimate of drug-likeness (QED) is 0.516. The average molecular weight is 271 g/mol. The lowest BCUT2D eigenvalue weighted by Crippen LogP contribution is -2.35. The topological polar surface area (TPSA) is 68.1 Å². The third kappa shape index (κ3) is 4.82. The van der Waals surface area contributed by atoms with Crippen LogP contribution in [0.25, 0.3) is 0 Å². The zero-order chi connectivity index (χ0) is 14.1. The van der Waals surface area contributed by atoms with Gasteiger partial charge in [-0.25, -0.2) is 0 Å². The van der Waals surface area contributed by atoms with Crippen molar-refractivity contribution in [3.8, 4) is 0 Å². The maximum Gasteiger partial charge on any atom is 0.318 e. The maximum atomic E-state index is 11.9. The van der Waals surface area contributed by atoms with E-state index in [1.54, 1.807) is 6.92 Å². The number of nitrogens with zero attached hydrogens (tertiary/aromatic N) is 1. The van der Waals surface area contributed by atoms with Crippen molar-refractivity contribution in [3.63, 3.8) is 0 Å². The first kappa shape index (κ1) is 16.0. The van der Waals surface area contributed by atoms with Gasteiger partial charge in [-0.3, -0.25) is 4.79 Å². The molecule has 1 rings (SSSR count). The summed E-state index contributed by atoms with van der Waals surface area (Å²) in [5.41, 5.74) is 0.717. The molecule has 1 aliphatic rings. The van der Waals surface area contributed by atoms with E-state index in [0.29, 0.717) is 12.3 Å². The van der Waals surface area contributed by atoms with Gasteiger partial charge in [0.15, 0.2) is 6.10 Å². The Balaban J connectivity index is 2.43. The van der Waals surface area contributed by atoms with Crippen LogP contribution in [-0.2, 0) is 14.4 Å². The zero-order valence-corrected chi connectivity index (χ0v) is 11.9. The monoisotopic (exact) mass is 271 g/mol. The Morgan fingerprint density at radius 2 is 2.05 bits per heavy atom. The van der Waals surface area contributed by atoms with Gasteiger partial charge in [-0.05, 0) is 19.8 Å². The summed E-state index contributed by atoms with van der Waals surface area (Å²) in [6, 6.07) is 0. The number of esters is 1. The van der Waals surface area contributed by atoms with Crippen LogP contribution >= 0.6 is 0 Å². The number of rotatable bonds is 9. The van der Waals surface area contributed by atoms with E-state index in [-0.39, 0.29) is 12.6 Å². The van der Waals surface area contributed by atoms with Gasteiger partial charge in [-0.15, -0.1) is 0 Å². The highest BCUT2D eigenvalue weighted by atomic mass is 16.7. The first-order chi connectivity index (χ1) is 9.24. The molecule has 0 radical (unpaired) electrons. The van der Waals surface area contributed by atoms with Crippen molar-refractivity contribution in [3.05, 3.63) is 0 Å². The molecular weight excluding hydrogens is 246 g/mol. The predicted octanol–water partition coefficient (Wildman–Crippen LogP) is 2.27. The minimum Gasteiger partial charge on any atom is -0.465 e. The minimum absolute atomic E-state index is 0.216. The van der Waals surface area contributed by atoms with E-state index >= 15 is 0 Å². The molecule has 0 saturated carbocycles. The van der Waals surface area contributed by atoms with Gasteiger partial charge in [0, 0.05) is 0 Å². The Morgan fingerprint density at radius 1 is 1.32 bits per heavy atom. The second kappa shape index (κ2) is 8.91. The van der Waals surface area contributed by atoms with Crippen LogP contribution in [0.1, 0.15) is 52.4 Å². The van der Waals surface area contributed by atoms with Crippen LogP contribution in [0.4, 0.5) is 0 Å². The Bertz CT molecular complexity index is 304. The van der Waals surface area contributed by atoms with Gasteiger partial charge in [0.2, 0.25) is 0 Å². The van der Waals surface area contributed by atoms with Crippen molar-refractivity contribution in [2.75, 3.05) is 13.2 Å². The average Bonchev–Trinajstić information content (AvgIpc) is 2.82. The number of carbonyl (C=O) groups is 1. The Hall–Kier alpha value is -1.10. The summed E-state index contributed by atoms with van der Waals surface area (Å²) in [4.78, 5) is 17.0. The van der Waals surface area contributed by atoms with E-state index in [1.807, 2.05) is 0 Å². The third-order valence-electron chi connectivity index (χ3n) is 3.29. The SMILES string of the molecule is CCCCCCCC1=NO[C@@H](CO)[C@@H]1C(=O)OCC. The normalized spacial score (nSPS) is 21.9. The standard InChI is InChI=1S/C14H25NO4/c1-3-5-6-7-8-9-11-13(14(17)18-4-2)12(10-16)19-15-11/h12-13,16H,3-10H2,1-2H3/t12-,13+/m0/s1. The molecule has 0 spiro atoms. The van der Waals surface area contributed by atoms with Gasteiger partial charge in [0.1, 0.15) is 5.92 Å². The highest BCUT2D eigenvalue weighted by Crippen LogP contribution is 2.23. The highest BCUT2D eigenvalue weighted by molar-refractivity contribution is 6.03. The van der Waals surface area contributed by atoms with Crippen LogP contribution in [0, 0.1) is 5.92 Å². The van der Waals surface area contributed by atoms with Crippen LogP contribution in [0.15, 0.2) is 5.16 Å². The van der Waals surface area contributed by atoms with Crippen molar-refractivity contribution in [2.24, 2.45) is 11.1 Å². The van der Waals surface area contributed by atoms with Crippen molar-refractivity contribution in [1.29, 1.82) is 0 Å². The van der Waals surface area contributed by atoms with Crippen LogP contribution in [0.5, 0.6) is 0 Å². The number of aliphatic hydroxyl groups excluding tert-OH is 1. The largest absolute Gasteiger partial charge is 0.465 e. The summed E-state index contributed by atoms with van der Waals surface area (Å²) < 4.78 is 5.02. The summed E-state index contributed by atoms with van der Waals surface area (Å²) in [5, 5.41) is 13.2. The molecule has 0 bridgehead atoms. The van der Waals surface area contributed by atoms with Gasteiger partial charge in [-0.1, -0.05) is 37.8 Å². The molecule has 0 amide bonds. The lowest BCUT2D eigenvalue weighted by molar-refractivity contribution is -0.149. The first-order valence-corrected chi connectivity index (χ1v) is 7.24. The first-order valence-electron chi connectivity index (χ1n) is 7.24. The number of carbonyl (C=O) groups excluding carboxylic acids is 1. The van der Waals surface area contributed by atoms with E-state index < -0.39 is 12.0 Å². The Morgan fingerprint density at radius 3 is 2.68 bits per heavy atom. The van der Waals surface area contributed by atoms with E-state index in [1.165, 1.54) is 19.3 Å². The van der Waals surface area contributed by atoms with Crippen molar-refractivity contribution in [1.82, 2.24) is 0 Å². The van der Waals surface area contributed by atoms with Gasteiger partial charge < -0.3 is 14.7 Å². The minimum atomic E-state index is -0.579. The fraction of sp³-hybridized carbons (Fsp3) is 0.857. The van der Waals surface area contributed by atoms with Gasteiger partial charge in [0.25, 0.3) is 0 Å². The van der Waals surface area contributed by atoms with Gasteiger partial charge in [-0.2, -0.15) is 0 Å². The molecule has 0 fully saturated rings. The Kier molecular flexibility index (Phi) is 7.48. The molecule has 0 aromatic heterocycles. The summed E-state index contributed by atoms with van der Waals surface area (Å²) in [6.07, 6.45) is 5.94. The number of unbranched alkanes of at least 4 members (excludes halogenated alkanes) is 4. The number of aliphatic hydroxyl groups is 1. The number of hydrogen-bond acceptors (Lipinski definition) is 5. The van der Waals surface area contributed by atoms with Crippen LogP contribution in [0.3, 0.4) is 0 Å². The molecule has 1 aliphatic heterocycles. The van der Waals surface area contributed by atoms with Crippen molar-refractivity contribution >= 4 is 11.7 Å². The van der Waals surface area contributed by atoms with E-state index in [9.17, 15) is 9.90 Å². The van der Waals surface area contributed by atoms with Gasteiger partial charge in [0.05, 0.1) is 18.9 Å². The molecule has 0 aromatic carbocycles. The molecule has 5 heteroatoms. The predicted molar refractivity (Wildman–Crippen MR) is 72.9 cm³/mol. The van der Waals surface area contributed by atoms with Crippen LogP contribution < -0.4 is 0 Å². The molecule has 1 heterocycles. The molecule has 19 heavy (non-hydrogen) atoms. The third-order valence-corrected chi connectivity index (χ3v) is 3.29. The van der Waals surface area contributed by atoms with Crippen LogP contribution in [-0.4, -0.2) is 36.1 Å². The summed E-state index contributed by atoms with van der Waals surface area (Å²) >= 11 is 0. The smallest absolute Gasteiger partial charge is 0.318 e. The molecule has 0 aromatic rings. The maximum absolute atomic E-state index is 11.9. The fourth-order valence-corrected chi connectivity index (χ4v) is 2.24. The molecule has 2 atom stereocenters. The summed E-state index contributed by atoms with van der Waals surface area (Å²) in [5.74, 6) is -0.873.